The normalized spacial score (nSPS) is 14.1. The van der Waals surface area contributed by atoms with E-state index < -0.39 is 0 Å². The van der Waals surface area contributed by atoms with Crippen molar-refractivity contribution in [3.8, 4) is 23.1 Å². The second-order valence-corrected chi connectivity index (χ2v) is 7.60. The molecular weight excluding hydrogens is 535 g/mol. The van der Waals surface area contributed by atoms with Crippen molar-refractivity contribution in [1.29, 1.82) is 0 Å². The summed E-state index contributed by atoms with van der Waals surface area (Å²) in [5.41, 5.74) is 0.994. The van der Waals surface area contributed by atoms with E-state index in [0.29, 0.717) is 36.5 Å². The molecule has 33 heavy (non-hydrogen) atoms. The molecule has 2 aromatic heterocycles. The highest BCUT2D eigenvalue weighted by Gasteiger charge is 2.20. The first-order valence-corrected chi connectivity index (χ1v) is 11.1. The number of aromatic nitrogens is 3. The third kappa shape index (κ3) is 6.62. The summed E-state index contributed by atoms with van der Waals surface area (Å²) >= 11 is 0. The maximum Gasteiger partial charge on any atom is 0.216 e. The molecule has 3 N–H and O–H groups in total. The molecule has 178 valence electrons. The molecule has 0 aliphatic heterocycles. The number of furan rings is 1. The van der Waals surface area contributed by atoms with E-state index in [1.54, 1.807) is 13.4 Å². The second-order valence-electron chi connectivity index (χ2n) is 7.60. The minimum Gasteiger partial charge on any atom is -0.493 e. The lowest BCUT2D eigenvalue weighted by molar-refractivity contribution is 0.198. The summed E-state index contributed by atoms with van der Waals surface area (Å²) in [7, 11) is 1.67. The average Bonchev–Trinajstić information content (AvgIpc) is 3.59. The Labute approximate surface area is 210 Å². The van der Waals surface area contributed by atoms with Gasteiger partial charge in [-0.3, -0.25) is 5.10 Å². The van der Waals surface area contributed by atoms with Crippen molar-refractivity contribution in [3.05, 3.63) is 48.0 Å². The molecule has 0 atom stereocenters. The van der Waals surface area contributed by atoms with Crippen molar-refractivity contribution < 1.29 is 13.9 Å². The molecular formula is C23H31IN6O3. The van der Waals surface area contributed by atoms with E-state index in [2.05, 4.69) is 25.8 Å². The monoisotopic (exact) mass is 566 g/mol. The van der Waals surface area contributed by atoms with Crippen LogP contribution >= 0.6 is 24.0 Å². The third-order valence-corrected chi connectivity index (χ3v) is 5.32. The largest absolute Gasteiger partial charge is 0.493 e. The van der Waals surface area contributed by atoms with Crippen molar-refractivity contribution >= 4 is 29.9 Å². The Hall–Kier alpha value is -2.76. The Kier molecular flexibility index (Phi) is 9.40. The van der Waals surface area contributed by atoms with E-state index >= 15 is 0 Å². The summed E-state index contributed by atoms with van der Waals surface area (Å²) in [6.45, 7) is 3.68. The maximum absolute atomic E-state index is 6.32. The van der Waals surface area contributed by atoms with Crippen molar-refractivity contribution in [1.82, 2.24) is 25.8 Å². The zero-order chi connectivity index (χ0) is 22.2. The number of H-pyrrole nitrogens is 1. The Bertz CT molecular complexity index is 1020. The van der Waals surface area contributed by atoms with Crippen LogP contribution < -0.4 is 20.1 Å². The van der Waals surface area contributed by atoms with Gasteiger partial charge in [-0.15, -0.1) is 29.1 Å². The van der Waals surface area contributed by atoms with Crippen molar-refractivity contribution in [2.24, 2.45) is 4.99 Å². The molecule has 0 amide bonds. The fourth-order valence-corrected chi connectivity index (χ4v) is 3.72. The molecule has 0 unspecified atom stereocenters. The predicted octanol–water partition coefficient (Wildman–Crippen LogP) is 4.27. The van der Waals surface area contributed by atoms with Gasteiger partial charge in [-0.2, -0.15) is 0 Å². The first-order chi connectivity index (χ1) is 15.8. The van der Waals surface area contributed by atoms with Crippen LogP contribution in [0.25, 0.3) is 11.6 Å². The van der Waals surface area contributed by atoms with Crippen molar-refractivity contribution in [2.45, 2.75) is 51.8 Å². The molecule has 9 nitrogen and oxygen atoms in total. The molecule has 1 aliphatic carbocycles. The summed E-state index contributed by atoms with van der Waals surface area (Å²) in [5, 5.41) is 13.7. The van der Waals surface area contributed by atoms with Crippen molar-refractivity contribution in [2.75, 3.05) is 13.7 Å². The zero-order valence-electron chi connectivity index (χ0n) is 19.0. The Morgan fingerprint density at radius 2 is 2.06 bits per heavy atom. The number of benzene rings is 1. The summed E-state index contributed by atoms with van der Waals surface area (Å²) in [6, 6.07) is 9.57. The van der Waals surface area contributed by atoms with E-state index in [1.165, 1.54) is 12.8 Å². The molecule has 1 aliphatic rings. The molecule has 1 saturated carbocycles. The molecule has 1 fully saturated rings. The molecule has 0 radical (unpaired) electrons. The molecule has 1 aromatic carbocycles. The van der Waals surface area contributed by atoms with Crippen LogP contribution in [0.3, 0.4) is 0 Å². The zero-order valence-corrected chi connectivity index (χ0v) is 21.3. The number of ether oxygens (including phenoxy) is 2. The Morgan fingerprint density at radius 1 is 1.21 bits per heavy atom. The van der Waals surface area contributed by atoms with Gasteiger partial charge in [-0.1, -0.05) is 12.1 Å². The highest BCUT2D eigenvalue weighted by molar-refractivity contribution is 14.0. The molecule has 10 heteroatoms. The number of nitrogens with one attached hydrogen (secondary N) is 3. The number of hydrogen-bond acceptors (Lipinski definition) is 6. The van der Waals surface area contributed by atoms with Gasteiger partial charge in [0.1, 0.15) is 5.82 Å². The van der Waals surface area contributed by atoms with Gasteiger partial charge in [0.15, 0.2) is 23.2 Å². The minimum absolute atomic E-state index is 0. The molecule has 0 spiro atoms. The van der Waals surface area contributed by atoms with E-state index in [-0.39, 0.29) is 30.1 Å². The maximum atomic E-state index is 6.32. The van der Waals surface area contributed by atoms with E-state index in [4.69, 9.17) is 18.9 Å². The SMILES string of the molecule is CCNC(=NCc1cccc(OC)c1OC1CCCC1)NCc1nc(-c2ccco2)n[nH]1.I. The number of methoxy groups -OCH3 is 1. The summed E-state index contributed by atoms with van der Waals surface area (Å²) in [5.74, 6) is 4.06. The second kappa shape index (κ2) is 12.5. The number of guanidine groups is 1. The summed E-state index contributed by atoms with van der Waals surface area (Å²) < 4.78 is 17.2. The predicted molar refractivity (Wildman–Crippen MR) is 137 cm³/mol. The number of para-hydroxylation sites is 1. The Balaban J connectivity index is 0.00000306. The van der Waals surface area contributed by atoms with Crippen LogP contribution in [0, 0.1) is 0 Å². The van der Waals surface area contributed by atoms with Gasteiger partial charge < -0.3 is 24.5 Å². The fraction of sp³-hybridized carbons (Fsp3) is 0.435. The standard InChI is InChI=1S/C23H30N6O3.HI/c1-3-24-23(26-15-20-27-22(29-28-20)19-12-7-13-31-19)25-14-16-8-6-11-18(30-2)21(16)32-17-9-4-5-10-17;/h6-8,11-13,17H,3-5,9-10,14-15H2,1-2H3,(H2,24,25,26)(H,27,28,29);1H. The lowest BCUT2D eigenvalue weighted by Gasteiger charge is -2.19. The number of nitrogens with zero attached hydrogens (tertiary/aromatic N) is 3. The van der Waals surface area contributed by atoms with E-state index in [9.17, 15) is 0 Å². The molecule has 2 heterocycles. The van der Waals surface area contributed by atoms with Crippen LogP contribution in [0.4, 0.5) is 0 Å². The Morgan fingerprint density at radius 3 is 2.79 bits per heavy atom. The van der Waals surface area contributed by atoms with Gasteiger partial charge in [-0.25, -0.2) is 9.98 Å². The van der Waals surface area contributed by atoms with Crippen LogP contribution in [-0.4, -0.2) is 40.9 Å². The van der Waals surface area contributed by atoms with Crippen LogP contribution in [0.15, 0.2) is 46.0 Å². The molecule has 3 aromatic rings. The van der Waals surface area contributed by atoms with Crippen LogP contribution in [0.1, 0.15) is 44.0 Å². The van der Waals surface area contributed by atoms with Crippen LogP contribution in [0.2, 0.25) is 0 Å². The number of rotatable bonds is 9. The van der Waals surface area contributed by atoms with Crippen LogP contribution in [0.5, 0.6) is 11.5 Å². The van der Waals surface area contributed by atoms with Gasteiger partial charge in [0.25, 0.3) is 0 Å². The molecule has 0 bridgehead atoms. The number of aromatic amines is 1. The summed E-state index contributed by atoms with van der Waals surface area (Å²) in [6.07, 6.45) is 6.44. The lowest BCUT2D eigenvalue weighted by Crippen LogP contribution is -2.37. The van der Waals surface area contributed by atoms with Gasteiger partial charge in [-0.05, 0) is 50.8 Å². The van der Waals surface area contributed by atoms with Crippen molar-refractivity contribution in [3.63, 3.8) is 0 Å². The molecule has 4 rings (SSSR count). The third-order valence-electron chi connectivity index (χ3n) is 5.32. The number of hydrogen-bond donors (Lipinski definition) is 3. The van der Waals surface area contributed by atoms with Gasteiger partial charge in [0, 0.05) is 12.1 Å². The number of aliphatic imine (C=N–C) groups is 1. The highest BCUT2D eigenvalue weighted by atomic mass is 127. The van der Waals surface area contributed by atoms with Gasteiger partial charge >= 0.3 is 0 Å². The van der Waals surface area contributed by atoms with Gasteiger partial charge in [0.05, 0.1) is 32.6 Å². The fourth-order valence-electron chi connectivity index (χ4n) is 3.72. The van der Waals surface area contributed by atoms with Gasteiger partial charge in [0.2, 0.25) is 5.82 Å². The first kappa shape index (κ1) is 24.9. The van der Waals surface area contributed by atoms with E-state index in [0.717, 1.165) is 36.4 Å². The molecule has 0 saturated heterocycles. The first-order valence-electron chi connectivity index (χ1n) is 11.1. The summed E-state index contributed by atoms with van der Waals surface area (Å²) in [4.78, 5) is 9.20. The lowest BCUT2D eigenvalue weighted by atomic mass is 10.1. The van der Waals surface area contributed by atoms with Crippen LogP contribution in [-0.2, 0) is 13.1 Å². The number of halogens is 1. The highest BCUT2D eigenvalue weighted by Crippen LogP contribution is 2.35. The van der Waals surface area contributed by atoms with E-state index in [1.807, 2.05) is 37.3 Å². The topological polar surface area (TPSA) is 110 Å². The minimum atomic E-state index is 0. The quantitative estimate of drug-likeness (QED) is 0.202. The average molecular weight is 566 g/mol. The smallest absolute Gasteiger partial charge is 0.216 e.